The third-order valence-electron chi connectivity index (χ3n) is 3.38. The molecule has 1 aromatic carbocycles. The maximum atomic E-state index is 14.0. The molecule has 112 valence electrons. The summed E-state index contributed by atoms with van der Waals surface area (Å²) >= 11 is 0. The molecule has 1 saturated heterocycles. The quantitative estimate of drug-likeness (QED) is 0.833. The molecule has 7 heteroatoms. The molecule has 1 atom stereocenters. The Hall–Kier alpha value is -1.02. The third kappa shape index (κ3) is 3.54. The molecule has 0 spiro atoms. The number of hydrogen-bond acceptors (Lipinski definition) is 4. The van der Waals surface area contributed by atoms with E-state index in [4.69, 9.17) is 0 Å². The summed E-state index contributed by atoms with van der Waals surface area (Å²) in [6.07, 6.45) is 0.745. The molecule has 1 aliphatic rings. The Labute approximate surface area is 119 Å². The van der Waals surface area contributed by atoms with Gasteiger partial charge in [-0.05, 0) is 44.8 Å². The topological polar surface area (TPSA) is 61.4 Å². The van der Waals surface area contributed by atoms with E-state index >= 15 is 0 Å². The monoisotopic (exact) mass is 301 g/mol. The Balaban J connectivity index is 2.17. The second-order valence-electron chi connectivity index (χ2n) is 5.16. The maximum Gasteiger partial charge on any atom is 0.243 e. The smallest absolute Gasteiger partial charge is 0.243 e. The third-order valence-corrected chi connectivity index (χ3v) is 4.93. The Bertz CT molecular complexity index is 577. The van der Waals surface area contributed by atoms with Gasteiger partial charge < -0.3 is 10.2 Å². The van der Waals surface area contributed by atoms with E-state index in [0.29, 0.717) is 18.7 Å². The van der Waals surface area contributed by atoms with Gasteiger partial charge in [0.25, 0.3) is 0 Å². The van der Waals surface area contributed by atoms with Gasteiger partial charge in [0.05, 0.1) is 0 Å². The molecule has 1 unspecified atom stereocenters. The zero-order chi connectivity index (χ0) is 14.8. The van der Waals surface area contributed by atoms with Crippen LogP contribution >= 0.6 is 0 Å². The Morgan fingerprint density at radius 1 is 1.45 bits per heavy atom. The minimum Gasteiger partial charge on any atom is -0.316 e. The van der Waals surface area contributed by atoms with E-state index in [9.17, 15) is 12.8 Å². The van der Waals surface area contributed by atoms with Crippen molar-refractivity contribution in [2.45, 2.75) is 23.9 Å². The summed E-state index contributed by atoms with van der Waals surface area (Å²) in [6, 6.07) is 4.05. The van der Waals surface area contributed by atoms with Gasteiger partial charge in [0.15, 0.2) is 0 Å². The SMILES string of the molecule is CNCc1ccc(S(=O)(=O)NC2CCN(C)C2)c(F)c1. The molecule has 2 N–H and O–H groups in total. The highest BCUT2D eigenvalue weighted by molar-refractivity contribution is 7.89. The van der Waals surface area contributed by atoms with Gasteiger partial charge in [-0.1, -0.05) is 6.07 Å². The highest BCUT2D eigenvalue weighted by atomic mass is 32.2. The molecule has 0 amide bonds. The van der Waals surface area contributed by atoms with E-state index in [1.165, 1.54) is 12.1 Å². The lowest BCUT2D eigenvalue weighted by atomic mass is 10.2. The van der Waals surface area contributed by atoms with Gasteiger partial charge in [-0.3, -0.25) is 0 Å². The molecule has 0 aromatic heterocycles. The first kappa shape index (κ1) is 15.4. The molecule has 2 rings (SSSR count). The van der Waals surface area contributed by atoms with E-state index in [0.717, 1.165) is 13.0 Å². The van der Waals surface area contributed by atoms with E-state index in [2.05, 4.69) is 10.0 Å². The van der Waals surface area contributed by atoms with Crippen LogP contribution in [-0.4, -0.2) is 46.5 Å². The van der Waals surface area contributed by atoms with Crippen molar-refractivity contribution in [3.05, 3.63) is 29.6 Å². The molecular formula is C13H20FN3O2S. The molecule has 1 aromatic rings. The molecule has 1 fully saturated rings. The molecule has 1 aliphatic heterocycles. The van der Waals surface area contributed by atoms with Crippen molar-refractivity contribution in [3.63, 3.8) is 0 Å². The Kier molecular flexibility index (Phi) is 4.74. The second-order valence-corrected chi connectivity index (χ2v) is 6.85. The lowest BCUT2D eigenvalue weighted by Crippen LogP contribution is -2.36. The first-order chi connectivity index (χ1) is 9.42. The fourth-order valence-electron chi connectivity index (χ4n) is 2.39. The van der Waals surface area contributed by atoms with Crippen LogP contribution in [0.25, 0.3) is 0 Å². The van der Waals surface area contributed by atoms with Crippen molar-refractivity contribution in [2.75, 3.05) is 27.2 Å². The van der Waals surface area contributed by atoms with Crippen molar-refractivity contribution in [1.82, 2.24) is 14.9 Å². The average Bonchev–Trinajstić information content (AvgIpc) is 2.74. The number of benzene rings is 1. The van der Waals surface area contributed by atoms with Crippen LogP contribution < -0.4 is 10.0 Å². The van der Waals surface area contributed by atoms with Crippen LogP contribution in [0.15, 0.2) is 23.1 Å². The highest BCUT2D eigenvalue weighted by Crippen LogP contribution is 2.18. The van der Waals surface area contributed by atoms with Crippen molar-refractivity contribution in [3.8, 4) is 0 Å². The summed E-state index contributed by atoms with van der Waals surface area (Å²) in [5, 5.41) is 2.90. The van der Waals surface area contributed by atoms with E-state index in [1.54, 1.807) is 13.1 Å². The van der Waals surface area contributed by atoms with Crippen molar-refractivity contribution in [1.29, 1.82) is 0 Å². The van der Waals surface area contributed by atoms with Crippen LogP contribution in [0.2, 0.25) is 0 Å². The van der Waals surface area contributed by atoms with E-state index < -0.39 is 15.8 Å². The van der Waals surface area contributed by atoms with Crippen molar-refractivity contribution >= 4 is 10.0 Å². The summed E-state index contributed by atoms with van der Waals surface area (Å²) in [4.78, 5) is 1.76. The number of likely N-dealkylation sites (N-methyl/N-ethyl adjacent to an activating group) is 1. The normalized spacial score (nSPS) is 20.4. The molecule has 0 saturated carbocycles. The first-order valence-corrected chi connectivity index (χ1v) is 8.04. The molecule has 20 heavy (non-hydrogen) atoms. The van der Waals surface area contributed by atoms with Crippen molar-refractivity contribution in [2.24, 2.45) is 0 Å². The van der Waals surface area contributed by atoms with Crippen LogP contribution in [0.4, 0.5) is 4.39 Å². The summed E-state index contributed by atoms with van der Waals surface area (Å²) in [7, 11) is -0.119. The van der Waals surface area contributed by atoms with Gasteiger partial charge >= 0.3 is 0 Å². The van der Waals surface area contributed by atoms with Crippen LogP contribution in [0.3, 0.4) is 0 Å². The second kappa shape index (κ2) is 6.17. The Morgan fingerprint density at radius 3 is 2.75 bits per heavy atom. The molecule has 5 nitrogen and oxygen atoms in total. The van der Waals surface area contributed by atoms with Gasteiger partial charge in [0.2, 0.25) is 10.0 Å². The molecule has 0 radical (unpaired) electrons. The number of sulfonamides is 1. The van der Waals surface area contributed by atoms with Gasteiger partial charge in [-0.15, -0.1) is 0 Å². The first-order valence-electron chi connectivity index (χ1n) is 6.56. The summed E-state index contributed by atoms with van der Waals surface area (Å²) in [6.45, 7) is 1.99. The molecule has 0 aliphatic carbocycles. The maximum absolute atomic E-state index is 14.0. The number of halogens is 1. The number of nitrogens with one attached hydrogen (secondary N) is 2. The largest absolute Gasteiger partial charge is 0.316 e. The number of nitrogens with zero attached hydrogens (tertiary/aromatic N) is 1. The zero-order valence-corrected chi connectivity index (χ0v) is 12.5. The van der Waals surface area contributed by atoms with Crippen LogP contribution in [0, 0.1) is 5.82 Å². The van der Waals surface area contributed by atoms with Gasteiger partial charge in [-0.25, -0.2) is 17.5 Å². The standard InChI is InChI=1S/C13H20FN3O2S/c1-15-8-10-3-4-13(12(14)7-10)20(18,19)16-11-5-6-17(2)9-11/h3-4,7,11,15-16H,5-6,8-9H2,1-2H3. The molecule has 0 bridgehead atoms. The number of hydrogen-bond donors (Lipinski definition) is 2. The van der Waals surface area contributed by atoms with Crippen molar-refractivity contribution < 1.29 is 12.8 Å². The van der Waals surface area contributed by atoms with E-state index in [1.807, 2.05) is 11.9 Å². The van der Waals surface area contributed by atoms with Crippen LogP contribution in [-0.2, 0) is 16.6 Å². The summed E-state index contributed by atoms with van der Waals surface area (Å²) in [5.41, 5.74) is 0.713. The Morgan fingerprint density at radius 2 is 2.20 bits per heavy atom. The minimum atomic E-state index is -3.80. The van der Waals surface area contributed by atoms with Gasteiger partial charge in [0.1, 0.15) is 10.7 Å². The lowest BCUT2D eigenvalue weighted by molar-refractivity contribution is 0.407. The van der Waals surface area contributed by atoms with E-state index in [-0.39, 0.29) is 10.9 Å². The van der Waals surface area contributed by atoms with Crippen LogP contribution in [0.1, 0.15) is 12.0 Å². The summed E-state index contributed by atoms with van der Waals surface area (Å²) < 4.78 is 40.9. The minimum absolute atomic E-state index is 0.151. The molecular weight excluding hydrogens is 281 g/mol. The molecule has 1 heterocycles. The fraction of sp³-hybridized carbons (Fsp3) is 0.538. The van der Waals surface area contributed by atoms with Gasteiger partial charge in [0, 0.05) is 19.1 Å². The number of rotatable bonds is 5. The zero-order valence-electron chi connectivity index (χ0n) is 11.7. The predicted octanol–water partition coefficient (Wildman–Crippen LogP) is 0.527. The highest BCUT2D eigenvalue weighted by Gasteiger charge is 2.27. The number of likely N-dealkylation sites (tertiary alicyclic amines) is 1. The summed E-state index contributed by atoms with van der Waals surface area (Å²) in [5.74, 6) is -0.711. The van der Waals surface area contributed by atoms with Crippen LogP contribution in [0.5, 0.6) is 0 Å². The predicted molar refractivity (Wildman–Crippen MR) is 75.4 cm³/mol. The average molecular weight is 301 g/mol. The fourth-order valence-corrected chi connectivity index (χ4v) is 3.71. The lowest BCUT2D eigenvalue weighted by Gasteiger charge is -2.14. The van der Waals surface area contributed by atoms with Gasteiger partial charge in [-0.2, -0.15) is 0 Å².